The molecule has 1 aromatic carbocycles. The average Bonchev–Trinajstić information content (AvgIpc) is 2.95. The van der Waals surface area contributed by atoms with E-state index in [2.05, 4.69) is 12.2 Å². The first-order valence-electron chi connectivity index (χ1n) is 7.52. The summed E-state index contributed by atoms with van der Waals surface area (Å²) in [5.74, 6) is -0.0589. The maximum atomic E-state index is 12.1. The molecule has 4 heteroatoms. The smallest absolute Gasteiger partial charge is 0.220 e. The summed E-state index contributed by atoms with van der Waals surface area (Å²) in [5, 5.41) is 4.88. The molecular weight excluding hydrogens is 294 g/mol. The normalized spacial score (nSPS) is 10.5. The fraction of sp³-hybridized carbons (Fsp3) is 0.333. The van der Waals surface area contributed by atoms with Crippen molar-refractivity contribution in [2.24, 2.45) is 0 Å². The van der Waals surface area contributed by atoms with Crippen molar-refractivity contribution in [1.29, 1.82) is 0 Å². The Morgan fingerprint density at radius 3 is 2.41 bits per heavy atom. The second-order valence-electron chi connectivity index (χ2n) is 5.28. The van der Waals surface area contributed by atoms with Crippen LogP contribution in [0, 0.1) is 6.92 Å². The van der Waals surface area contributed by atoms with Crippen LogP contribution in [0.5, 0.6) is 0 Å². The Kier molecular flexibility index (Phi) is 5.90. The largest absolute Gasteiger partial charge is 0.351 e. The van der Waals surface area contributed by atoms with Gasteiger partial charge in [0.1, 0.15) is 0 Å². The highest BCUT2D eigenvalue weighted by Gasteiger charge is 2.10. The molecule has 3 nitrogen and oxygen atoms in total. The first-order valence-corrected chi connectivity index (χ1v) is 8.40. The third-order valence-corrected chi connectivity index (χ3v) is 4.70. The van der Waals surface area contributed by atoms with Gasteiger partial charge in [-0.3, -0.25) is 9.59 Å². The van der Waals surface area contributed by atoms with Crippen LogP contribution in [0.3, 0.4) is 0 Å². The van der Waals surface area contributed by atoms with Gasteiger partial charge in [-0.05, 0) is 35.9 Å². The summed E-state index contributed by atoms with van der Waals surface area (Å²) in [6, 6.07) is 9.65. The molecule has 0 aliphatic carbocycles. The number of benzene rings is 1. The van der Waals surface area contributed by atoms with Crippen molar-refractivity contribution >= 4 is 23.0 Å². The molecule has 1 heterocycles. The van der Waals surface area contributed by atoms with E-state index in [-0.39, 0.29) is 24.5 Å². The van der Waals surface area contributed by atoms with E-state index in [1.54, 1.807) is 11.3 Å². The topological polar surface area (TPSA) is 46.2 Å². The first kappa shape index (κ1) is 16.4. The molecule has 0 atom stereocenters. The minimum absolute atomic E-state index is 0.0186. The van der Waals surface area contributed by atoms with Crippen molar-refractivity contribution in [3.05, 3.63) is 57.3 Å². The van der Waals surface area contributed by atoms with E-state index in [1.165, 1.54) is 11.1 Å². The molecule has 0 aliphatic rings. The Balaban J connectivity index is 1.77. The number of amides is 1. The molecule has 22 heavy (non-hydrogen) atoms. The SMILES string of the molecule is CCc1ccc(C(=O)CCC(=O)NCc2sccc2C)cc1. The number of carbonyl (C=O) groups excluding carboxylic acids is 2. The Labute approximate surface area is 135 Å². The molecule has 0 saturated heterocycles. The highest BCUT2D eigenvalue weighted by Crippen LogP contribution is 2.15. The Bertz CT molecular complexity index is 643. The molecule has 1 aromatic heterocycles. The summed E-state index contributed by atoms with van der Waals surface area (Å²) < 4.78 is 0. The van der Waals surface area contributed by atoms with Crippen molar-refractivity contribution in [2.45, 2.75) is 39.7 Å². The van der Waals surface area contributed by atoms with Gasteiger partial charge in [-0.25, -0.2) is 0 Å². The minimum atomic E-state index is -0.0775. The molecule has 2 rings (SSSR count). The number of carbonyl (C=O) groups is 2. The van der Waals surface area contributed by atoms with E-state index < -0.39 is 0 Å². The zero-order valence-electron chi connectivity index (χ0n) is 13.0. The zero-order valence-corrected chi connectivity index (χ0v) is 13.8. The van der Waals surface area contributed by atoms with Crippen LogP contribution < -0.4 is 5.32 Å². The van der Waals surface area contributed by atoms with Gasteiger partial charge in [0.05, 0.1) is 6.54 Å². The number of aryl methyl sites for hydroxylation is 2. The van der Waals surface area contributed by atoms with E-state index in [0.29, 0.717) is 12.1 Å². The molecule has 0 spiro atoms. The van der Waals surface area contributed by atoms with Gasteiger partial charge in [-0.15, -0.1) is 11.3 Å². The summed E-state index contributed by atoms with van der Waals surface area (Å²) in [6.07, 6.45) is 1.44. The lowest BCUT2D eigenvalue weighted by Gasteiger charge is -2.05. The molecule has 2 aromatic rings. The number of Topliss-reactive ketones (excluding diaryl/α,β-unsaturated/α-hetero) is 1. The summed E-state index contributed by atoms with van der Waals surface area (Å²) >= 11 is 1.63. The third-order valence-electron chi connectivity index (χ3n) is 3.68. The van der Waals surface area contributed by atoms with E-state index in [9.17, 15) is 9.59 Å². The lowest BCUT2D eigenvalue weighted by molar-refractivity contribution is -0.121. The van der Waals surface area contributed by atoms with Crippen LogP contribution >= 0.6 is 11.3 Å². The van der Waals surface area contributed by atoms with Crippen LogP contribution in [0.4, 0.5) is 0 Å². The standard InChI is InChI=1S/C18H21NO2S/c1-3-14-4-6-15(7-5-14)16(20)8-9-18(21)19-12-17-13(2)10-11-22-17/h4-7,10-11H,3,8-9,12H2,1-2H3,(H,19,21). The lowest BCUT2D eigenvalue weighted by Crippen LogP contribution is -2.23. The fourth-order valence-corrected chi connectivity index (χ4v) is 3.00. The highest BCUT2D eigenvalue weighted by atomic mass is 32.1. The van der Waals surface area contributed by atoms with Gasteiger partial charge < -0.3 is 5.32 Å². The van der Waals surface area contributed by atoms with E-state index in [0.717, 1.165) is 11.3 Å². The molecule has 0 saturated carbocycles. The van der Waals surface area contributed by atoms with Crippen LogP contribution in [-0.2, 0) is 17.8 Å². The maximum absolute atomic E-state index is 12.1. The van der Waals surface area contributed by atoms with Crippen LogP contribution in [0.15, 0.2) is 35.7 Å². The Morgan fingerprint density at radius 2 is 1.82 bits per heavy atom. The van der Waals surface area contributed by atoms with Gasteiger partial charge in [0.25, 0.3) is 0 Å². The van der Waals surface area contributed by atoms with Gasteiger partial charge in [-0.1, -0.05) is 31.2 Å². The monoisotopic (exact) mass is 315 g/mol. The van der Waals surface area contributed by atoms with Gasteiger partial charge >= 0.3 is 0 Å². The molecule has 0 bridgehead atoms. The number of nitrogens with one attached hydrogen (secondary N) is 1. The molecule has 0 aliphatic heterocycles. The third kappa shape index (κ3) is 4.53. The summed E-state index contributed by atoms with van der Waals surface area (Å²) in [6.45, 7) is 4.65. The van der Waals surface area contributed by atoms with Crippen LogP contribution in [0.2, 0.25) is 0 Å². The zero-order chi connectivity index (χ0) is 15.9. The average molecular weight is 315 g/mol. The first-order chi connectivity index (χ1) is 10.6. The molecule has 0 unspecified atom stereocenters. The molecule has 1 amide bonds. The molecule has 0 radical (unpaired) electrons. The van der Waals surface area contributed by atoms with Gasteiger partial charge in [-0.2, -0.15) is 0 Å². The predicted molar refractivity (Wildman–Crippen MR) is 90.3 cm³/mol. The number of rotatable bonds is 7. The molecular formula is C18H21NO2S. The second-order valence-corrected chi connectivity index (χ2v) is 6.28. The van der Waals surface area contributed by atoms with Crippen molar-refractivity contribution in [3.63, 3.8) is 0 Å². The van der Waals surface area contributed by atoms with Crippen LogP contribution in [0.25, 0.3) is 0 Å². The van der Waals surface area contributed by atoms with Gasteiger partial charge in [0.15, 0.2) is 5.78 Å². The minimum Gasteiger partial charge on any atom is -0.351 e. The van der Waals surface area contributed by atoms with Crippen LogP contribution in [0.1, 0.15) is 46.1 Å². The number of hydrogen-bond acceptors (Lipinski definition) is 3. The summed E-state index contributed by atoms with van der Waals surface area (Å²) in [5.41, 5.74) is 3.08. The maximum Gasteiger partial charge on any atom is 0.220 e. The summed E-state index contributed by atoms with van der Waals surface area (Å²) in [4.78, 5) is 25.0. The van der Waals surface area contributed by atoms with E-state index in [1.807, 2.05) is 42.6 Å². The molecule has 1 N–H and O–H groups in total. The number of thiophene rings is 1. The Morgan fingerprint density at radius 1 is 1.09 bits per heavy atom. The van der Waals surface area contributed by atoms with Crippen molar-refractivity contribution in [1.82, 2.24) is 5.32 Å². The second kappa shape index (κ2) is 7.90. The number of hydrogen-bond donors (Lipinski definition) is 1. The van der Waals surface area contributed by atoms with E-state index >= 15 is 0 Å². The van der Waals surface area contributed by atoms with Crippen molar-refractivity contribution < 1.29 is 9.59 Å². The summed E-state index contributed by atoms with van der Waals surface area (Å²) in [7, 11) is 0. The lowest BCUT2D eigenvalue weighted by atomic mass is 10.0. The Hall–Kier alpha value is -1.94. The van der Waals surface area contributed by atoms with E-state index in [4.69, 9.17) is 0 Å². The molecule has 0 fully saturated rings. The van der Waals surface area contributed by atoms with Crippen LogP contribution in [-0.4, -0.2) is 11.7 Å². The quantitative estimate of drug-likeness (QED) is 0.788. The predicted octanol–water partition coefficient (Wildman–Crippen LogP) is 3.90. The van der Waals surface area contributed by atoms with Gasteiger partial charge in [0, 0.05) is 23.3 Å². The van der Waals surface area contributed by atoms with Gasteiger partial charge in [0.2, 0.25) is 5.91 Å². The highest BCUT2D eigenvalue weighted by molar-refractivity contribution is 7.10. The molecule has 116 valence electrons. The van der Waals surface area contributed by atoms with Crippen molar-refractivity contribution in [2.75, 3.05) is 0 Å². The number of ketones is 1. The van der Waals surface area contributed by atoms with Crippen molar-refractivity contribution in [3.8, 4) is 0 Å². The fourth-order valence-electron chi connectivity index (χ4n) is 2.15.